The molecule has 0 unspecified atom stereocenters. The van der Waals surface area contributed by atoms with Gasteiger partial charge in [0.2, 0.25) is 0 Å². The molecule has 2 nitrogen and oxygen atoms in total. The lowest BCUT2D eigenvalue weighted by Gasteiger charge is -2.16. The van der Waals surface area contributed by atoms with Crippen LogP contribution in [0.1, 0.15) is 0 Å². The van der Waals surface area contributed by atoms with Gasteiger partial charge in [0.25, 0.3) is 0 Å². The van der Waals surface area contributed by atoms with Gasteiger partial charge in [0.1, 0.15) is 0 Å². The summed E-state index contributed by atoms with van der Waals surface area (Å²) in [6, 6.07) is 15.0. The molecule has 1 radical (unpaired) electrons. The molecule has 2 aromatic carbocycles. The quantitative estimate of drug-likeness (QED) is 0.748. The Balaban J connectivity index is 2.36. The largest absolute Gasteiger partial charge is 0.321 e. The average molecular weight is 354 g/mol. The predicted molar refractivity (Wildman–Crippen MR) is 76.1 cm³/mol. The average Bonchev–Trinajstić information content (AvgIpc) is 2.35. The number of hydrogen-bond donors (Lipinski definition) is 0. The van der Waals surface area contributed by atoms with Crippen molar-refractivity contribution in [2.75, 3.05) is 4.90 Å². The molecule has 0 heterocycles. The smallest absolute Gasteiger partial charge is 0.273 e. The number of carbonyl (C=O) groups excluding carboxylic acids is 1. The van der Waals surface area contributed by atoms with Gasteiger partial charge in [-0.15, -0.1) is 0 Å². The lowest BCUT2D eigenvalue weighted by molar-refractivity contribution is 0.556. The van der Waals surface area contributed by atoms with E-state index in [-0.39, 0.29) is 0 Å². The Bertz CT molecular complexity index is 462. The van der Waals surface area contributed by atoms with Gasteiger partial charge in [-0.2, -0.15) is 0 Å². The van der Waals surface area contributed by atoms with E-state index in [0.717, 1.165) is 20.3 Å². The second kappa shape index (κ2) is 5.47. The number of halogens is 2. The molecule has 0 atom stereocenters. The first-order valence-corrected chi connectivity index (χ1v) is 6.48. The normalized spacial score (nSPS) is 10.0. The number of benzene rings is 2. The first-order valence-electron chi connectivity index (χ1n) is 4.90. The van der Waals surface area contributed by atoms with Crippen molar-refractivity contribution in [3.05, 3.63) is 57.5 Å². The Kier molecular flexibility index (Phi) is 3.97. The van der Waals surface area contributed by atoms with Crippen molar-refractivity contribution in [2.45, 2.75) is 0 Å². The zero-order valence-corrected chi connectivity index (χ0v) is 11.9. The van der Waals surface area contributed by atoms with Crippen molar-refractivity contribution in [1.29, 1.82) is 0 Å². The van der Waals surface area contributed by atoms with Crippen LogP contribution < -0.4 is 4.90 Å². The molecule has 0 saturated heterocycles. The first-order chi connectivity index (χ1) is 8.20. The van der Waals surface area contributed by atoms with Gasteiger partial charge in [0.15, 0.2) is 0 Å². The third kappa shape index (κ3) is 2.96. The molecule has 17 heavy (non-hydrogen) atoms. The van der Waals surface area contributed by atoms with Crippen molar-refractivity contribution in [2.24, 2.45) is 0 Å². The van der Waals surface area contributed by atoms with Crippen LogP contribution in [0.5, 0.6) is 0 Å². The van der Waals surface area contributed by atoms with E-state index < -0.39 is 0 Å². The highest BCUT2D eigenvalue weighted by molar-refractivity contribution is 9.10. The van der Waals surface area contributed by atoms with Gasteiger partial charge in [0.05, 0.1) is 0 Å². The van der Waals surface area contributed by atoms with Crippen LogP contribution in [-0.2, 0) is 4.79 Å². The Morgan fingerprint density at radius 3 is 1.41 bits per heavy atom. The van der Waals surface area contributed by atoms with E-state index in [1.807, 2.05) is 54.9 Å². The molecular formula is C13H8Br2NO. The number of anilines is 2. The van der Waals surface area contributed by atoms with Crippen molar-refractivity contribution >= 4 is 49.6 Å². The zero-order valence-electron chi connectivity index (χ0n) is 8.73. The summed E-state index contributed by atoms with van der Waals surface area (Å²) >= 11 is 6.72. The van der Waals surface area contributed by atoms with Gasteiger partial charge in [-0.3, -0.25) is 9.69 Å². The first kappa shape index (κ1) is 12.3. The van der Waals surface area contributed by atoms with Gasteiger partial charge < -0.3 is 0 Å². The maximum atomic E-state index is 11.1. The molecule has 0 fully saturated rings. The molecule has 0 aliphatic heterocycles. The molecule has 2 rings (SSSR count). The fourth-order valence-corrected chi connectivity index (χ4v) is 1.96. The summed E-state index contributed by atoms with van der Waals surface area (Å²) in [7, 11) is 0. The van der Waals surface area contributed by atoms with Gasteiger partial charge in [-0.25, -0.2) is 0 Å². The molecule has 0 aromatic heterocycles. The fourth-order valence-electron chi connectivity index (χ4n) is 1.43. The van der Waals surface area contributed by atoms with Crippen LogP contribution in [0.2, 0.25) is 0 Å². The van der Waals surface area contributed by atoms with Crippen LogP contribution in [0, 0.1) is 0 Å². The molecule has 1 amide bonds. The van der Waals surface area contributed by atoms with Crippen molar-refractivity contribution in [1.82, 2.24) is 0 Å². The van der Waals surface area contributed by atoms with Gasteiger partial charge in [0, 0.05) is 20.3 Å². The van der Waals surface area contributed by atoms with Crippen molar-refractivity contribution < 1.29 is 4.79 Å². The second-order valence-corrected chi connectivity index (χ2v) is 5.21. The van der Waals surface area contributed by atoms with E-state index in [1.165, 1.54) is 4.90 Å². The zero-order chi connectivity index (χ0) is 12.3. The Morgan fingerprint density at radius 2 is 1.12 bits per heavy atom. The minimum absolute atomic E-state index is 0.783. The van der Waals surface area contributed by atoms with E-state index in [9.17, 15) is 4.79 Å². The topological polar surface area (TPSA) is 20.3 Å². The summed E-state index contributed by atoms with van der Waals surface area (Å²) < 4.78 is 1.95. The Labute approximate surface area is 117 Å². The van der Waals surface area contributed by atoms with Gasteiger partial charge in [-0.1, -0.05) is 31.9 Å². The third-order valence-electron chi connectivity index (χ3n) is 2.26. The van der Waals surface area contributed by atoms with Crippen LogP contribution in [0.3, 0.4) is 0 Å². The van der Waals surface area contributed by atoms with E-state index in [0.29, 0.717) is 0 Å². The molecule has 0 N–H and O–H groups in total. The number of rotatable bonds is 3. The third-order valence-corrected chi connectivity index (χ3v) is 3.32. The molecule has 0 aliphatic carbocycles. The van der Waals surface area contributed by atoms with Crippen LogP contribution in [0.4, 0.5) is 11.4 Å². The second-order valence-electron chi connectivity index (χ2n) is 3.38. The standard InChI is InChI=1S/C13H8Br2NO/c14-10-1-5-12(6-2-10)16(9-17)13-7-3-11(15)4-8-13/h1-8H. The summed E-state index contributed by atoms with van der Waals surface area (Å²) in [6.45, 7) is 0. The van der Waals surface area contributed by atoms with E-state index >= 15 is 0 Å². The van der Waals surface area contributed by atoms with E-state index in [2.05, 4.69) is 31.9 Å². The van der Waals surface area contributed by atoms with Crippen LogP contribution in [-0.4, -0.2) is 6.41 Å². The Morgan fingerprint density at radius 1 is 0.765 bits per heavy atom. The number of amides is 1. The number of hydrogen-bond acceptors (Lipinski definition) is 1. The Hall–Kier alpha value is -1.13. The maximum Gasteiger partial charge on any atom is 0.321 e. The fraction of sp³-hybridized carbons (Fsp3) is 0. The van der Waals surface area contributed by atoms with Crippen molar-refractivity contribution in [3.8, 4) is 0 Å². The molecule has 2 aromatic rings. The lowest BCUT2D eigenvalue weighted by Crippen LogP contribution is -2.13. The van der Waals surface area contributed by atoms with Crippen LogP contribution >= 0.6 is 31.9 Å². The SMILES string of the molecule is O=[C]N(c1ccc(Br)cc1)c1ccc(Br)cc1. The van der Waals surface area contributed by atoms with Crippen molar-refractivity contribution in [3.63, 3.8) is 0 Å². The van der Waals surface area contributed by atoms with Crippen LogP contribution in [0.25, 0.3) is 0 Å². The lowest BCUT2D eigenvalue weighted by atomic mass is 10.2. The van der Waals surface area contributed by atoms with Gasteiger partial charge in [-0.05, 0) is 48.5 Å². The summed E-state index contributed by atoms with van der Waals surface area (Å²) in [4.78, 5) is 12.5. The predicted octanol–water partition coefficient (Wildman–Crippen LogP) is 4.42. The maximum absolute atomic E-state index is 11.1. The highest BCUT2D eigenvalue weighted by atomic mass is 79.9. The summed E-state index contributed by atoms with van der Waals surface area (Å²) in [5.41, 5.74) is 1.57. The number of nitrogens with zero attached hydrogens (tertiary/aromatic N) is 1. The minimum Gasteiger partial charge on any atom is -0.273 e. The highest BCUT2D eigenvalue weighted by Gasteiger charge is 2.08. The van der Waals surface area contributed by atoms with Crippen LogP contribution in [0.15, 0.2) is 57.5 Å². The summed E-state index contributed by atoms with van der Waals surface area (Å²) in [5, 5.41) is 0. The summed E-state index contributed by atoms with van der Waals surface area (Å²) in [6.07, 6.45) is 1.93. The molecule has 0 saturated carbocycles. The molecule has 0 spiro atoms. The molecule has 85 valence electrons. The summed E-state index contributed by atoms with van der Waals surface area (Å²) in [5.74, 6) is 0. The molecule has 0 aliphatic rings. The minimum atomic E-state index is 0.783. The van der Waals surface area contributed by atoms with E-state index in [4.69, 9.17) is 0 Å². The van der Waals surface area contributed by atoms with E-state index in [1.54, 1.807) is 0 Å². The molecule has 4 heteroatoms. The molecular weight excluding hydrogens is 346 g/mol. The molecule has 0 bridgehead atoms. The monoisotopic (exact) mass is 352 g/mol. The van der Waals surface area contributed by atoms with Gasteiger partial charge >= 0.3 is 6.41 Å². The highest BCUT2D eigenvalue weighted by Crippen LogP contribution is 2.26.